The number of amides is 1. The van der Waals surface area contributed by atoms with E-state index in [4.69, 9.17) is 0 Å². The predicted octanol–water partition coefficient (Wildman–Crippen LogP) is 3.63. The molecule has 1 aliphatic heterocycles. The number of halogens is 8. The summed E-state index contributed by atoms with van der Waals surface area (Å²) in [6, 6.07) is 0. The molecule has 3 aliphatic rings. The van der Waals surface area contributed by atoms with Gasteiger partial charge < -0.3 is 14.9 Å². The number of carbonyl (C=O) groups is 1. The van der Waals surface area contributed by atoms with Crippen molar-refractivity contribution in [2.75, 3.05) is 14.1 Å². The van der Waals surface area contributed by atoms with Crippen molar-refractivity contribution < 1.29 is 49.6 Å². The Morgan fingerprint density at radius 3 is 1.50 bits per heavy atom. The lowest BCUT2D eigenvalue weighted by atomic mass is 9.93. The van der Waals surface area contributed by atoms with E-state index in [9.17, 15) is 45.0 Å². The van der Waals surface area contributed by atoms with Gasteiger partial charge in [0.2, 0.25) is 0 Å². The largest absolute Gasteiger partial charge is 0.856 e. The fourth-order valence-electron chi connectivity index (χ4n) is 3.96. The highest BCUT2D eigenvalue weighted by molar-refractivity contribution is 6.18. The van der Waals surface area contributed by atoms with Crippen LogP contribution in [0.25, 0.3) is 0 Å². The zero-order valence-corrected chi connectivity index (χ0v) is 20.8. The summed E-state index contributed by atoms with van der Waals surface area (Å²) in [6.45, 7) is 0. The predicted molar refractivity (Wildman–Crippen MR) is 121 cm³/mol. The minimum Gasteiger partial charge on any atom is -0.856 e. The van der Waals surface area contributed by atoms with Crippen molar-refractivity contribution in [1.82, 2.24) is 14.4 Å². The van der Waals surface area contributed by atoms with Gasteiger partial charge in [-0.05, 0) is 0 Å². The highest BCUT2D eigenvalue weighted by Gasteiger charge is 2.42. The molecule has 0 N–H and O–H groups in total. The molecule has 4 rings (SSSR count). The van der Waals surface area contributed by atoms with Crippen LogP contribution in [0.5, 0.6) is 0 Å². The number of hydrogen-bond acceptors (Lipinski definition) is 5. The van der Waals surface area contributed by atoms with Crippen molar-refractivity contribution in [2.24, 2.45) is 24.1 Å². The SMILES string of the molecule is CN1C=CN(C)C1=C([O-])N=C1C(F)=C(F)C(=C2C(F)=C(F)C(=NC(=O)c3n(C)cc[n+]3C)C(F)=C2F)C(F)=C1F. The Morgan fingerprint density at radius 2 is 1.12 bits per heavy atom. The Morgan fingerprint density at radius 1 is 0.725 bits per heavy atom. The number of aryl methyl sites for hydroxylation is 2. The van der Waals surface area contributed by atoms with Crippen LogP contribution in [0, 0.1) is 0 Å². The first-order valence-electron chi connectivity index (χ1n) is 10.9. The van der Waals surface area contributed by atoms with Crippen molar-refractivity contribution in [1.29, 1.82) is 0 Å². The summed E-state index contributed by atoms with van der Waals surface area (Å²) < 4.78 is 121. The molecule has 2 heterocycles. The van der Waals surface area contributed by atoms with E-state index in [0.717, 1.165) is 0 Å². The molecular weight excluding hydrogens is 556 g/mol. The summed E-state index contributed by atoms with van der Waals surface area (Å²) in [4.78, 5) is 20.8. The van der Waals surface area contributed by atoms with Crippen LogP contribution in [0.3, 0.4) is 0 Å². The summed E-state index contributed by atoms with van der Waals surface area (Å²) >= 11 is 0. The van der Waals surface area contributed by atoms with Gasteiger partial charge in [-0.3, -0.25) is 9.79 Å². The van der Waals surface area contributed by atoms with Gasteiger partial charge in [-0.25, -0.2) is 44.3 Å². The standard InChI is InChI=1S/C24H16F8N6O2/c1-35-5-6-36(2)23(35)21(39)33-19-15(29)11(25)9(12(26)16(19)30)10-13(27)17(31)20(18(32)14(10)28)34-22(40)24-37(3)7-8-38(24)4/h5-8H,1-4H3. The third kappa shape index (κ3) is 4.34. The lowest BCUT2D eigenvalue weighted by molar-refractivity contribution is -0.672. The summed E-state index contributed by atoms with van der Waals surface area (Å²) in [6.07, 6.45) is 5.44. The topological polar surface area (TPSA) is 80.1 Å². The van der Waals surface area contributed by atoms with Crippen molar-refractivity contribution in [3.8, 4) is 0 Å². The Bertz CT molecular complexity index is 1560. The van der Waals surface area contributed by atoms with Crippen LogP contribution in [0.2, 0.25) is 0 Å². The highest BCUT2D eigenvalue weighted by atomic mass is 19.2. The Hall–Kier alpha value is -4.76. The van der Waals surface area contributed by atoms with Crippen LogP contribution in [-0.2, 0) is 14.1 Å². The number of aromatic nitrogens is 2. The molecule has 8 nitrogen and oxygen atoms in total. The number of allylic oxidation sites excluding steroid dienone is 10. The third-order valence-corrected chi connectivity index (χ3v) is 5.90. The van der Waals surface area contributed by atoms with Crippen LogP contribution in [0.4, 0.5) is 35.1 Å². The molecule has 2 aliphatic carbocycles. The molecule has 1 aromatic rings. The smallest absolute Gasteiger partial charge is 0.360 e. The van der Waals surface area contributed by atoms with E-state index >= 15 is 0 Å². The zero-order chi connectivity index (χ0) is 29.8. The average Bonchev–Trinajstić information content (AvgIpc) is 3.43. The molecular formula is C24H16F8N6O2. The van der Waals surface area contributed by atoms with Crippen LogP contribution in [0.15, 0.2) is 104 Å². The maximum Gasteiger partial charge on any atom is 0.360 e. The summed E-state index contributed by atoms with van der Waals surface area (Å²) in [5.74, 6) is -22.8. The van der Waals surface area contributed by atoms with E-state index in [1.165, 1.54) is 71.9 Å². The van der Waals surface area contributed by atoms with Crippen molar-refractivity contribution in [3.05, 3.63) is 100 Å². The molecule has 0 bridgehead atoms. The monoisotopic (exact) mass is 572 g/mol. The molecule has 16 heteroatoms. The van der Waals surface area contributed by atoms with Gasteiger partial charge in [0.25, 0.3) is 0 Å². The number of hydrogen-bond donors (Lipinski definition) is 0. The lowest BCUT2D eigenvalue weighted by Gasteiger charge is -2.24. The number of imidazole rings is 1. The van der Waals surface area contributed by atoms with E-state index in [0.29, 0.717) is 0 Å². The highest BCUT2D eigenvalue weighted by Crippen LogP contribution is 2.46. The van der Waals surface area contributed by atoms with Gasteiger partial charge in [-0.2, -0.15) is 4.99 Å². The van der Waals surface area contributed by atoms with Crippen molar-refractivity contribution in [3.63, 3.8) is 0 Å². The summed E-state index contributed by atoms with van der Waals surface area (Å²) in [5.41, 5.74) is -7.91. The molecule has 210 valence electrons. The van der Waals surface area contributed by atoms with E-state index in [2.05, 4.69) is 9.98 Å². The number of rotatable bonds is 2. The molecule has 0 saturated heterocycles. The van der Waals surface area contributed by atoms with Crippen molar-refractivity contribution in [2.45, 2.75) is 0 Å². The maximum absolute atomic E-state index is 14.9. The van der Waals surface area contributed by atoms with Gasteiger partial charge in [-0.15, -0.1) is 0 Å². The van der Waals surface area contributed by atoms with Gasteiger partial charge in [-0.1, -0.05) is 0 Å². The molecule has 0 atom stereocenters. The van der Waals surface area contributed by atoms with Crippen LogP contribution in [0.1, 0.15) is 10.6 Å². The van der Waals surface area contributed by atoms with E-state index in [1.54, 1.807) is 0 Å². The Labute approximate surface area is 220 Å². The number of aliphatic imine (C=N–C) groups is 2. The molecule has 0 saturated carbocycles. The normalized spacial score (nSPS) is 18.4. The van der Waals surface area contributed by atoms with Crippen LogP contribution < -0.4 is 9.67 Å². The quantitative estimate of drug-likeness (QED) is 0.308. The van der Waals surface area contributed by atoms with Gasteiger partial charge in [0.05, 0.1) is 25.2 Å². The zero-order valence-electron chi connectivity index (χ0n) is 20.8. The fraction of sp³-hybridized carbons (Fsp3) is 0.167. The molecule has 0 radical (unpaired) electrons. The minimum atomic E-state index is -2.50. The van der Waals surface area contributed by atoms with Crippen LogP contribution in [-0.4, -0.2) is 45.8 Å². The molecule has 0 fully saturated rings. The second kappa shape index (κ2) is 10.1. The number of carbonyl (C=O) groups excluding carboxylic acids is 1. The minimum absolute atomic E-state index is 0.275. The third-order valence-electron chi connectivity index (χ3n) is 5.90. The molecule has 40 heavy (non-hydrogen) atoms. The second-order valence-corrected chi connectivity index (χ2v) is 8.48. The molecule has 0 spiro atoms. The second-order valence-electron chi connectivity index (χ2n) is 8.48. The summed E-state index contributed by atoms with van der Waals surface area (Å²) in [5, 5.41) is 12.4. The first-order chi connectivity index (χ1) is 18.7. The maximum atomic E-state index is 14.9. The van der Waals surface area contributed by atoms with Crippen molar-refractivity contribution >= 4 is 17.3 Å². The fourth-order valence-corrected chi connectivity index (χ4v) is 3.96. The van der Waals surface area contributed by atoms with E-state index in [-0.39, 0.29) is 11.6 Å². The molecule has 1 amide bonds. The van der Waals surface area contributed by atoms with Gasteiger partial charge >= 0.3 is 11.7 Å². The first-order valence-corrected chi connectivity index (χ1v) is 10.9. The van der Waals surface area contributed by atoms with E-state index < -0.39 is 81.0 Å². The first kappa shape index (κ1) is 28.3. The van der Waals surface area contributed by atoms with Gasteiger partial charge in [0.1, 0.15) is 29.6 Å². The van der Waals surface area contributed by atoms with E-state index in [1.807, 2.05) is 0 Å². The Balaban J connectivity index is 1.87. The molecule has 1 aromatic heterocycles. The number of nitrogens with zero attached hydrogens (tertiary/aromatic N) is 6. The van der Waals surface area contributed by atoms with Crippen LogP contribution >= 0.6 is 0 Å². The Kier molecular flexibility index (Phi) is 7.13. The molecule has 0 unspecified atom stereocenters. The summed E-state index contributed by atoms with van der Waals surface area (Å²) in [7, 11) is 5.44. The average molecular weight is 572 g/mol. The lowest BCUT2D eigenvalue weighted by Crippen LogP contribution is -2.34. The van der Waals surface area contributed by atoms with Gasteiger partial charge in [0, 0.05) is 32.4 Å². The molecule has 0 aromatic carbocycles. The van der Waals surface area contributed by atoms with Gasteiger partial charge in [0.15, 0.2) is 46.6 Å².